The van der Waals surface area contributed by atoms with Crippen LogP contribution in [-0.2, 0) is 4.79 Å². The van der Waals surface area contributed by atoms with Gasteiger partial charge in [-0.25, -0.2) is 13.6 Å². The minimum absolute atomic E-state index is 0.0376. The molecule has 3 rings (SSSR count). The molecule has 11 heteroatoms. The highest BCUT2D eigenvalue weighted by Gasteiger charge is 2.42. The van der Waals surface area contributed by atoms with Crippen LogP contribution in [0, 0.1) is 23.5 Å². The van der Waals surface area contributed by atoms with Gasteiger partial charge in [0, 0.05) is 12.1 Å². The third kappa shape index (κ3) is 5.14. The molecule has 3 amide bonds. The minimum Gasteiger partial charge on any atom is -0.347 e. The van der Waals surface area contributed by atoms with Gasteiger partial charge in [-0.2, -0.15) is 13.2 Å². The van der Waals surface area contributed by atoms with Crippen LogP contribution in [-0.4, -0.2) is 30.7 Å². The number of alkyl halides is 3. The summed E-state index contributed by atoms with van der Waals surface area (Å²) < 4.78 is 66.9. The molecule has 0 bridgehead atoms. The standard InChI is InChI=1S/C19H21ClF5N3O2/c20-15-12(21)6-5-11(16(15)22)13(27-17(29)14-8-26-18(30)28-14)7-9-1-3-10(4-2-9)19(23,24)25/h5-6,9-10,13-14H,1-4,7-8H2,(H,27,29)(H2,26,28,30)/t9?,10?,13?,14-/m0/s1. The maximum absolute atomic E-state index is 14.6. The summed E-state index contributed by atoms with van der Waals surface area (Å²) in [5, 5.41) is 6.75. The van der Waals surface area contributed by atoms with E-state index in [0.29, 0.717) is 0 Å². The van der Waals surface area contributed by atoms with Gasteiger partial charge in [-0.3, -0.25) is 4.79 Å². The zero-order valence-corrected chi connectivity index (χ0v) is 16.5. The van der Waals surface area contributed by atoms with E-state index in [9.17, 15) is 31.5 Å². The summed E-state index contributed by atoms with van der Waals surface area (Å²) in [6.45, 7) is 0.0424. The molecule has 0 spiro atoms. The quantitative estimate of drug-likeness (QED) is 0.461. The van der Waals surface area contributed by atoms with Crippen LogP contribution in [0.5, 0.6) is 0 Å². The summed E-state index contributed by atoms with van der Waals surface area (Å²) >= 11 is 5.67. The predicted molar refractivity (Wildman–Crippen MR) is 98.7 cm³/mol. The van der Waals surface area contributed by atoms with Gasteiger partial charge >= 0.3 is 12.2 Å². The van der Waals surface area contributed by atoms with Crippen molar-refractivity contribution in [3.63, 3.8) is 0 Å². The van der Waals surface area contributed by atoms with Crippen molar-refractivity contribution in [1.29, 1.82) is 0 Å². The molecule has 1 heterocycles. The Balaban J connectivity index is 1.76. The zero-order chi connectivity index (χ0) is 22.1. The molecule has 1 saturated carbocycles. The van der Waals surface area contributed by atoms with Crippen LogP contribution in [0.25, 0.3) is 0 Å². The van der Waals surface area contributed by atoms with E-state index in [1.807, 2.05) is 0 Å². The summed E-state index contributed by atoms with van der Waals surface area (Å²) in [6, 6.07) is -0.193. The van der Waals surface area contributed by atoms with Crippen molar-refractivity contribution in [2.75, 3.05) is 6.54 Å². The van der Waals surface area contributed by atoms with Crippen molar-refractivity contribution in [3.8, 4) is 0 Å². The van der Waals surface area contributed by atoms with Crippen LogP contribution in [0.15, 0.2) is 12.1 Å². The van der Waals surface area contributed by atoms with E-state index in [0.717, 1.165) is 12.1 Å². The molecule has 1 saturated heterocycles. The Kier molecular flexibility index (Phi) is 6.74. The van der Waals surface area contributed by atoms with Crippen LogP contribution < -0.4 is 16.0 Å². The fraction of sp³-hybridized carbons (Fsp3) is 0.579. The van der Waals surface area contributed by atoms with E-state index in [4.69, 9.17) is 11.6 Å². The first-order valence-electron chi connectivity index (χ1n) is 9.61. The molecule has 1 unspecified atom stereocenters. The lowest BCUT2D eigenvalue weighted by molar-refractivity contribution is -0.184. The molecule has 30 heavy (non-hydrogen) atoms. The SMILES string of the molecule is O=C1NC[C@@H](C(=O)NC(CC2CCC(C(F)(F)F)CC2)c2ccc(F)c(Cl)c2F)N1. The number of benzene rings is 1. The van der Waals surface area contributed by atoms with Crippen molar-refractivity contribution < 1.29 is 31.5 Å². The van der Waals surface area contributed by atoms with E-state index in [2.05, 4.69) is 16.0 Å². The molecule has 166 valence electrons. The molecule has 2 fully saturated rings. The zero-order valence-electron chi connectivity index (χ0n) is 15.8. The average Bonchev–Trinajstić information content (AvgIpc) is 3.12. The molecule has 1 aliphatic carbocycles. The topological polar surface area (TPSA) is 70.2 Å². The van der Waals surface area contributed by atoms with Gasteiger partial charge < -0.3 is 16.0 Å². The number of urea groups is 1. The molecule has 1 aromatic rings. The fourth-order valence-corrected chi connectivity index (χ4v) is 4.19. The fourth-order valence-electron chi connectivity index (χ4n) is 4.02. The molecule has 0 radical (unpaired) electrons. The normalized spacial score (nSPS) is 25.4. The smallest absolute Gasteiger partial charge is 0.347 e. The number of halogens is 6. The second kappa shape index (κ2) is 8.95. The summed E-state index contributed by atoms with van der Waals surface area (Å²) in [5.74, 6) is -4.12. The Morgan fingerprint density at radius 3 is 2.43 bits per heavy atom. The van der Waals surface area contributed by atoms with Gasteiger partial charge in [-0.1, -0.05) is 17.7 Å². The molecule has 1 aromatic carbocycles. The van der Waals surface area contributed by atoms with Gasteiger partial charge in [0.1, 0.15) is 22.7 Å². The van der Waals surface area contributed by atoms with Crippen molar-refractivity contribution >= 4 is 23.5 Å². The molecular weight excluding hydrogens is 433 g/mol. The number of carbonyl (C=O) groups excluding carboxylic acids is 2. The third-order valence-corrected chi connectivity index (χ3v) is 6.07. The van der Waals surface area contributed by atoms with Gasteiger partial charge in [-0.05, 0) is 44.1 Å². The molecule has 2 atom stereocenters. The minimum atomic E-state index is -4.25. The Morgan fingerprint density at radius 1 is 1.20 bits per heavy atom. The Bertz CT molecular complexity index is 812. The molecular formula is C19H21ClF5N3O2. The number of amides is 3. The largest absolute Gasteiger partial charge is 0.391 e. The van der Waals surface area contributed by atoms with Gasteiger partial charge in [0.2, 0.25) is 5.91 Å². The van der Waals surface area contributed by atoms with E-state index in [1.54, 1.807) is 0 Å². The summed E-state index contributed by atoms with van der Waals surface area (Å²) in [7, 11) is 0. The average molecular weight is 454 g/mol. The molecule has 1 aliphatic heterocycles. The van der Waals surface area contributed by atoms with E-state index in [1.165, 1.54) is 0 Å². The Hall–Kier alpha value is -2.10. The van der Waals surface area contributed by atoms with Crippen molar-refractivity contribution in [3.05, 3.63) is 34.4 Å². The Morgan fingerprint density at radius 2 is 1.87 bits per heavy atom. The van der Waals surface area contributed by atoms with Crippen LogP contribution in [0.3, 0.4) is 0 Å². The van der Waals surface area contributed by atoms with Crippen LogP contribution in [0.1, 0.15) is 43.7 Å². The maximum Gasteiger partial charge on any atom is 0.391 e. The number of rotatable bonds is 5. The number of carbonyl (C=O) groups is 2. The Labute approximate surface area is 174 Å². The van der Waals surface area contributed by atoms with E-state index < -0.39 is 52.8 Å². The summed E-state index contributed by atoms with van der Waals surface area (Å²) in [5.41, 5.74) is -0.0509. The molecule has 0 aromatic heterocycles. The van der Waals surface area contributed by atoms with Crippen molar-refractivity contribution in [2.24, 2.45) is 11.8 Å². The highest BCUT2D eigenvalue weighted by atomic mass is 35.5. The number of hydrogen-bond acceptors (Lipinski definition) is 2. The van der Waals surface area contributed by atoms with Gasteiger partial charge in [-0.15, -0.1) is 0 Å². The highest BCUT2D eigenvalue weighted by Crippen LogP contribution is 2.42. The second-order valence-electron chi connectivity index (χ2n) is 7.73. The van der Waals surface area contributed by atoms with Crippen LogP contribution in [0.4, 0.5) is 26.7 Å². The van der Waals surface area contributed by atoms with E-state index >= 15 is 0 Å². The third-order valence-electron chi connectivity index (χ3n) is 5.72. The molecule has 5 nitrogen and oxygen atoms in total. The highest BCUT2D eigenvalue weighted by molar-refractivity contribution is 6.31. The lowest BCUT2D eigenvalue weighted by Gasteiger charge is -2.32. The van der Waals surface area contributed by atoms with Gasteiger partial charge in [0.05, 0.1) is 12.0 Å². The van der Waals surface area contributed by atoms with Gasteiger partial charge in [0.15, 0.2) is 0 Å². The molecule has 3 N–H and O–H groups in total. The van der Waals surface area contributed by atoms with E-state index in [-0.39, 0.29) is 50.1 Å². The number of nitrogens with one attached hydrogen (secondary N) is 3. The lowest BCUT2D eigenvalue weighted by Crippen LogP contribution is -2.45. The maximum atomic E-state index is 14.6. The first kappa shape index (κ1) is 22.6. The van der Waals surface area contributed by atoms with Crippen molar-refractivity contribution in [2.45, 2.75) is 50.4 Å². The van der Waals surface area contributed by atoms with Crippen LogP contribution >= 0.6 is 11.6 Å². The first-order chi connectivity index (χ1) is 14.1. The van der Waals surface area contributed by atoms with Crippen LogP contribution in [0.2, 0.25) is 5.02 Å². The summed E-state index contributed by atoms with van der Waals surface area (Å²) in [6.07, 6.45) is -3.61. The van der Waals surface area contributed by atoms with Gasteiger partial charge in [0.25, 0.3) is 0 Å². The monoisotopic (exact) mass is 453 g/mol. The molecule has 2 aliphatic rings. The predicted octanol–water partition coefficient (Wildman–Crippen LogP) is 4.22. The second-order valence-corrected chi connectivity index (χ2v) is 8.11. The summed E-state index contributed by atoms with van der Waals surface area (Å²) in [4.78, 5) is 23.8. The number of hydrogen-bond donors (Lipinski definition) is 3. The van der Waals surface area contributed by atoms with Crippen molar-refractivity contribution in [1.82, 2.24) is 16.0 Å². The first-order valence-corrected chi connectivity index (χ1v) is 9.99. The lowest BCUT2D eigenvalue weighted by atomic mass is 9.78.